The predicted molar refractivity (Wildman–Crippen MR) is 73.2 cm³/mol. The molecular weight excluding hydrogens is 248 g/mol. The molecule has 1 heterocycles. The van der Waals surface area contributed by atoms with Crippen molar-refractivity contribution in [3.63, 3.8) is 0 Å². The molecule has 100 valence electrons. The summed E-state index contributed by atoms with van der Waals surface area (Å²) >= 11 is 0. The van der Waals surface area contributed by atoms with E-state index in [1.54, 1.807) is 16.4 Å². The van der Waals surface area contributed by atoms with Crippen LogP contribution in [0.2, 0.25) is 0 Å². The summed E-state index contributed by atoms with van der Waals surface area (Å²) < 4.78 is 26.9. The predicted octanol–water partition coefficient (Wildman–Crippen LogP) is 2.29. The molecule has 0 aromatic heterocycles. The molecule has 4 nitrogen and oxygen atoms in total. The van der Waals surface area contributed by atoms with Crippen LogP contribution >= 0.6 is 0 Å². The molecule has 1 unspecified atom stereocenters. The fourth-order valence-electron chi connectivity index (χ4n) is 2.42. The van der Waals surface area contributed by atoms with E-state index >= 15 is 0 Å². The summed E-state index contributed by atoms with van der Waals surface area (Å²) in [6, 6.07) is 7.22. The molecule has 0 saturated carbocycles. The van der Waals surface area contributed by atoms with Gasteiger partial charge in [0.25, 0.3) is 0 Å². The molecule has 2 rings (SSSR count). The van der Waals surface area contributed by atoms with Crippen molar-refractivity contribution in [3.8, 4) is 0 Å². The van der Waals surface area contributed by atoms with E-state index in [-0.39, 0.29) is 6.04 Å². The van der Waals surface area contributed by atoms with Crippen LogP contribution in [0.5, 0.6) is 0 Å². The Morgan fingerprint density at radius 2 is 2.11 bits per heavy atom. The summed E-state index contributed by atoms with van der Waals surface area (Å²) in [5.41, 5.74) is 0.694. The van der Waals surface area contributed by atoms with Crippen molar-refractivity contribution >= 4 is 15.7 Å². The summed E-state index contributed by atoms with van der Waals surface area (Å²) in [5, 5.41) is 3.11. The van der Waals surface area contributed by atoms with Gasteiger partial charge in [0.2, 0.25) is 10.0 Å². The van der Waals surface area contributed by atoms with Gasteiger partial charge in [0.15, 0.2) is 0 Å². The van der Waals surface area contributed by atoms with E-state index < -0.39 is 10.0 Å². The monoisotopic (exact) mass is 268 g/mol. The van der Waals surface area contributed by atoms with Gasteiger partial charge < -0.3 is 5.32 Å². The van der Waals surface area contributed by atoms with E-state index in [2.05, 4.69) is 5.32 Å². The van der Waals surface area contributed by atoms with Crippen molar-refractivity contribution in [1.82, 2.24) is 4.31 Å². The molecule has 1 saturated heterocycles. The number of nitrogens with one attached hydrogen (secondary N) is 1. The maximum Gasteiger partial charge on any atom is 0.245 e. The molecule has 1 aliphatic rings. The molecule has 5 heteroatoms. The van der Waals surface area contributed by atoms with Gasteiger partial charge in [-0.1, -0.05) is 12.1 Å². The SMILES string of the molecule is CCNc1ccccc1S(=O)(=O)N1CCCC1C. The Morgan fingerprint density at radius 1 is 1.39 bits per heavy atom. The van der Waals surface area contributed by atoms with E-state index in [4.69, 9.17) is 0 Å². The van der Waals surface area contributed by atoms with Crippen LogP contribution in [0.1, 0.15) is 26.7 Å². The van der Waals surface area contributed by atoms with Gasteiger partial charge in [-0.15, -0.1) is 0 Å². The van der Waals surface area contributed by atoms with Gasteiger partial charge in [-0.3, -0.25) is 0 Å². The summed E-state index contributed by atoms with van der Waals surface area (Å²) in [5.74, 6) is 0. The third kappa shape index (κ3) is 2.37. The van der Waals surface area contributed by atoms with Gasteiger partial charge in [0, 0.05) is 19.1 Å². The van der Waals surface area contributed by atoms with Crippen molar-refractivity contribution in [2.24, 2.45) is 0 Å². The van der Waals surface area contributed by atoms with E-state index in [0.717, 1.165) is 12.8 Å². The Kier molecular flexibility index (Phi) is 3.92. The summed E-state index contributed by atoms with van der Waals surface area (Å²) in [7, 11) is -3.37. The third-order valence-electron chi connectivity index (χ3n) is 3.33. The molecule has 1 aromatic carbocycles. The lowest BCUT2D eigenvalue weighted by Crippen LogP contribution is -2.34. The minimum Gasteiger partial charge on any atom is -0.384 e. The van der Waals surface area contributed by atoms with Gasteiger partial charge in [-0.25, -0.2) is 8.42 Å². The number of nitrogens with zero attached hydrogens (tertiary/aromatic N) is 1. The highest BCUT2D eigenvalue weighted by Gasteiger charge is 2.33. The maximum atomic E-state index is 12.6. The second-order valence-electron chi connectivity index (χ2n) is 4.63. The molecule has 1 aromatic rings. The third-order valence-corrected chi connectivity index (χ3v) is 5.40. The van der Waals surface area contributed by atoms with Crippen molar-refractivity contribution in [3.05, 3.63) is 24.3 Å². The zero-order valence-corrected chi connectivity index (χ0v) is 11.7. The highest BCUT2D eigenvalue weighted by molar-refractivity contribution is 7.89. The van der Waals surface area contributed by atoms with Gasteiger partial charge in [-0.05, 0) is 38.8 Å². The first-order valence-corrected chi connectivity index (χ1v) is 7.86. The van der Waals surface area contributed by atoms with Crippen LogP contribution in [0.15, 0.2) is 29.2 Å². The minimum absolute atomic E-state index is 0.102. The fraction of sp³-hybridized carbons (Fsp3) is 0.538. The molecule has 0 spiro atoms. The Bertz CT molecular complexity index is 513. The first-order chi connectivity index (χ1) is 8.57. The molecule has 0 aliphatic carbocycles. The number of rotatable bonds is 4. The highest BCUT2D eigenvalue weighted by atomic mass is 32.2. The lowest BCUT2D eigenvalue weighted by atomic mass is 10.3. The quantitative estimate of drug-likeness (QED) is 0.911. The average Bonchev–Trinajstić information content (AvgIpc) is 2.77. The molecular formula is C13H20N2O2S. The lowest BCUT2D eigenvalue weighted by molar-refractivity contribution is 0.408. The van der Waals surface area contributed by atoms with Crippen LogP contribution in [-0.2, 0) is 10.0 Å². The first kappa shape index (κ1) is 13.4. The van der Waals surface area contributed by atoms with E-state index in [0.29, 0.717) is 23.7 Å². The summed E-state index contributed by atoms with van der Waals surface area (Å²) in [6.07, 6.45) is 1.90. The van der Waals surface area contributed by atoms with Gasteiger partial charge in [-0.2, -0.15) is 4.31 Å². The zero-order chi connectivity index (χ0) is 13.2. The summed E-state index contributed by atoms with van der Waals surface area (Å²) in [6.45, 7) is 5.27. The number of para-hydroxylation sites is 1. The molecule has 0 bridgehead atoms. The van der Waals surface area contributed by atoms with Crippen LogP contribution in [-0.4, -0.2) is 31.9 Å². The molecule has 0 amide bonds. The lowest BCUT2D eigenvalue weighted by Gasteiger charge is -2.22. The van der Waals surface area contributed by atoms with Crippen LogP contribution in [0, 0.1) is 0 Å². The Balaban J connectivity index is 2.41. The number of benzene rings is 1. The number of sulfonamides is 1. The fourth-order valence-corrected chi connectivity index (χ4v) is 4.29. The van der Waals surface area contributed by atoms with Gasteiger partial charge >= 0.3 is 0 Å². The topological polar surface area (TPSA) is 49.4 Å². The average molecular weight is 268 g/mol. The normalized spacial score (nSPS) is 21.1. The largest absolute Gasteiger partial charge is 0.384 e. The van der Waals surface area contributed by atoms with Gasteiger partial charge in [0.05, 0.1) is 5.69 Å². The number of hydrogen-bond donors (Lipinski definition) is 1. The Labute approximate surface area is 109 Å². The molecule has 1 N–H and O–H groups in total. The van der Waals surface area contributed by atoms with Crippen LogP contribution in [0.25, 0.3) is 0 Å². The highest BCUT2D eigenvalue weighted by Crippen LogP contribution is 2.29. The Hall–Kier alpha value is -1.07. The molecule has 1 fully saturated rings. The molecule has 18 heavy (non-hydrogen) atoms. The smallest absolute Gasteiger partial charge is 0.245 e. The number of hydrogen-bond acceptors (Lipinski definition) is 3. The summed E-state index contributed by atoms with van der Waals surface area (Å²) in [4.78, 5) is 0.389. The van der Waals surface area contributed by atoms with Crippen LogP contribution < -0.4 is 5.32 Å². The van der Waals surface area contributed by atoms with E-state index in [1.165, 1.54) is 0 Å². The maximum absolute atomic E-state index is 12.6. The van der Waals surface area contributed by atoms with Crippen molar-refractivity contribution < 1.29 is 8.42 Å². The van der Waals surface area contributed by atoms with Crippen molar-refractivity contribution in [2.75, 3.05) is 18.4 Å². The van der Waals surface area contributed by atoms with Crippen molar-refractivity contribution in [1.29, 1.82) is 0 Å². The Morgan fingerprint density at radius 3 is 2.72 bits per heavy atom. The second-order valence-corrected chi connectivity index (χ2v) is 6.49. The first-order valence-electron chi connectivity index (χ1n) is 6.42. The standard InChI is InChI=1S/C13H20N2O2S/c1-3-14-12-8-4-5-9-13(12)18(16,17)15-10-6-7-11(15)2/h4-5,8-9,11,14H,3,6-7,10H2,1-2H3. The van der Waals surface area contributed by atoms with Gasteiger partial charge in [0.1, 0.15) is 4.90 Å². The van der Waals surface area contributed by atoms with E-state index in [1.807, 2.05) is 26.0 Å². The molecule has 1 atom stereocenters. The zero-order valence-electron chi connectivity index (χ0n) is 10.9. The van der Waals surface area contributed by atoms with E-state index in [9.17, 15) is 8.42 Å². The molecule has 0 radical (unpaired) electrons. The minimum atomic E-state index is -3.37. The van der Waals surface area contributed by atoms with Crippen LogP contribution in [0.4, 0.5) is 5.69 Å². The number of anilines is 1. The molecule has 1 aliphatic heterocycles. The van der Waals surface area contributed by atoms with Crippen molar-refractivity contribution in [2.45, 2.75) is 37.6 Å². The second kappa shape index (κ2) is 5.28. The van der Waals surface area contributed by atoms with Crippen LogP contribution in [0.3, 0.4) is 0 Å².